The average Bonchev–Trinajstić information content (AvgIpc) is 1.90. The van der Waals surface area contributed by atoms with Gasteiger partial charge >= 0.3 is 0 Å². The van der Waals surface area contributed by atoms with Crippen LogP contribution in [-0.4, -0.2) is 0 Å². The summed E-state index contributed by atoms with van der Waals surface area (Å²) in [5.41, 5.74) is 1.27. The van der Waals surface area contributed by atoms with Crippen LogP contribution in [0.3, 0.4) is 0 Å². The van der Waals surface area contributed by atoms with E-state index in [-0.39, 0.29) is 0 Å². The molecule has 0 amide bonds. The molecule has 0 aromatic heterocycles. The van der Waals surface area contributed by atoms with Gasteiger partial charge in [0.15, 0.2) is 0 Å². The van der Waals surface area contributed by atoms with Crippen LogP contribution in [0.5, 0.6) is 0 Å². The fraction of sp³-hybridized carbons (Fsp3) is 0.143. The summed E-state index contributed by atoms with van der Waals surface area (Å²) < 4.78 is 0. The molecular formula is C7H8S. The first-order valence-corrected chi connectivity index (χ1v) is 3.11. The lowest BCUT2D eigenvalue weighted by atomic mass is 10.1. The molecule has 0 saturated carbocycles. The zero-order valence-corrected chi connectivity index (χ0v) is 5.44. The van der Waals surface area contributed by atoms with Crippen LogP contribution in [0.4, 0.5) is 0 Å². The van der Waals surface area contributed by atoms with Gasteiger partial charge in [-0.25, -0.2) is 0 Å². The third-order valence-electron chi connectivity index (χ3n) is 1.08. The van der Waals surface area contributed by atoms with Crippen molar-refractivity contribution < 1.29 is 0 Å². The summed E-state index contributed by atoms with van der Waals surface area (Å²) in [5, 5.41) is 1.83. The van der Waals surface area contributed by atoms with Crippen molar-refractivity contribution in [1.29, 1.82) is 0 Å². The summed E-state index contributed by atoms with van der Waals surface area (Å²) in [6.45, 7) is 0. The number of hydrogen-bond acceptors (Lipinski definition) is 1. The van der Waals surface area contributed by atoms with Gasteiger partial charge in [0.25, 0.3) is 0 Å². The summed E-state index contributed by atoms with van der Waals surface area (Å²) in [7, 11) is 0. The Balaban J connectivity index is 2.66. The minimum absolute atomic E-state index is 1.03. The third kappa shape index (κ3) is 1.27. The van der Waals surface area contributed by atoms with Crippen molar-refractivity contribution in [2.24, 2.45) is 0 Å². The predicted molar refractivity (Wildman–Crippen MR) is 40.0 cm³/mol. The lowest BCUT2D eigenvalue weighted by molar-refractivity contribution is 1.27. The van der Waals surface area contributed by atoms with Gasteiger partial charge in [-0.15, -0.1) is 0 Å². The zero-order chi connectivity index (χ0) is 5.82. The van der Waals surface area contributed by atoms with Crippen molar-refractivity contribution in [2.45, 2.75) is 6.42 Å². The predicted octanol–water partition coefficient (Wildman–Crippen LogP) is 2.32. The van der Waals surface area contributed by atoms with Gasteiger partial charge in [0.05, 0.1) is 0 Å². The Morgan fingerprint density at radius 1 is 1.50 bits per heavy atom. The Bertz CT molecular complexity index is 152. The molecule has 0 unspecified atom stereocenters. The Kier molecular flexibility index (Phi) is 1.98. The maximum absolute atomic E-state index is 4.02. The summed E-state index contributed by atoms with van der Waals surface area (Å²) in [4.78, 5) is 0. The fourth-order valence-corrected chi connectivity index (χ4v) is 0.817. The van der Waals surface area contributed by atoms with Crippen LogP contribution in [0.25, 0.3) is 0 Å². The summed E-state index contributed by atoms with van der Waals surface area (Å²) in [6.07, 6.45) is 9.27. The summed E-state index contributed by atoms with van der Waals surface area (Å²) in [5.74, 6) is 0. The largest absolute Gasteiger partial charge is 0.151 e. The summed E-state index contributed by atoms with van der Waals surface area (Å²) in [6, 6.07) is 0. The minimum atomic E-state index is 1.03. The molecule has 0 atom stereocenters. The molecular weight excluding hydrogens is 116 g/mol. The molecule has 0 fully saturated rings. The van der Waals surface area contributed by atoms with Gasteiger partial charge in [-0.2, -0.15) is 12.6 Å². The molecule has 0 saturated heterocycles. The molecule has 0 bridgehead atoms. The van der Waals surface area contributed by atoms with Crippen LogP contribution in [0.2, 0.25) is 0 Å². The van der Waals surface area contributed by atoms with E-state index in [2.05, 4.69) is 24.8 Å². The molecule has 1 aliphatic carbocycles. The SMILES string of the molecule is S/C=C1\C=CC=CC1. The second-order valence-corrected chi connectivity index (χ2v) is 1.95. The molecule has 0 heterocycles. The molecule has 8 heavy (non-hydrogen) atoms. The molecule has 1 rings (SSSR count). The molecule has 0 radical (unpaired) electrons. The fourth-order valence-electron chi connectivity index (χ4n) is 0.626. The number of thiol groups is 1. The zero-order valence-electron chi connectivity index (χ0n) is 4.54. The van der Waals surface area contributed by atoms with E-state index in [0.717, 1.165) is 6.42 Å². The Morgan fingerprint density at radius 3 is 2.75 bits per heavy atom. The van der Waals surface area contributed by atoms with Gasteiger partial charge in [-0.05, 0) is 17.4 Å². The van der Waals surface area contributed by atoms with Gasteiger partial charge < -0.3 is 0 Å². The van der Waals surface area contributed by atoms with E-state index in [9.17, 15) is 0 Å². The highest BCUT2D eigenvalue weighted by molar-refractivity contribution is 7.83. The molecule has 42 valence electrons. The number of allylic oxidation sites excluding steroid dienone is 5. The van der Waals surface area contributed by atoms with Crippen LogP contribution in [0, 0.1) is 0 Å². The molecule has 0 spiro atoms. The maximum atomic E-state index is 4.02. The highest BCUT2D eigenvalue weighted by atomic mass is 32.1. The summed E-state index contributed by atoms with van der Waals surface area (Å²) >= 11 is 4.02. The highest BCUT2D eigenvalue weighted by Gasteiger charge is 1.88. The van der Waals surface area contributed by atoms with Gasteiger partial charge in [0.1, 0.15) is 0 Å². The lowest BCUT2D eigenvalue weighted by Crippen LogP contribution is -1.76. The van der Waals surface area contributed by atoms with Crippen molar-refractivity contribution in [2.75, 3.05) is 0 Å². The van der Waals surface area contributed by atoms with E-state index < -0.39 is 0 Å². The quantitative estimate of drug-likeness (QED) is 0.471. The van der Waals surface area contributed by atoms with Gasteiger partial charge in [0.2, 0.25) is 0 Å². The maximum Gasteiger partial charge on any atom is -0.00893 e. The second-order valence-electron chi connectivity index (χ2n) is 1.70. The first-order valence-electron chi connectivity index (χ1n) is 2.60. The monoisotopic (exact) mass is 124 g/mol. The smallest absolute Gasteiger partial charge is 0.00893 e. The van der Waals surface area contributed by atoms with E-state index >= 15 is 0 Å². The van der Waals surface area contributed by atoms with E-state index in [1.165, 1.54) is 5.57 Å². The molecule has 0 N–H and O–H groups in total. The highest BCUT2D eigenvalue weighted by Crippen LogP contribution is 2.09. The van der Waals surface area contributed by atoms with Crippen LogP contribution in [-0.2, 0) is 0 Å². The van der Waals surface area contributed by atoms with Crippen molar-refractivity contribution in [3.63, 3.8) is 0 Å². The van der Waals surface area contributed by atoms with Gasteiger partial charge in [0, 0.05) is 0 Å². The van der Waals surface area contributed by atoms with Crippen molar-refractivity contribution in [3.8, 4) is 0 Å². The average molecular weight is 124 g/mol. The lowest BCUT2D eigenvalue weighted by Gasteiger charge is -1.96. The standard InChI is InChI=1S/C7H8S/c8-6-7-4-2-1-3-5-7/h1-4,6,8H,5H2/b7-6+. The third-order valence-corrected chi connectivity index (χ3v) is 1.41. The molecule has 0 nitrogen and oxygen atoms in total. The first kappa shape index (κ1) is 5.70. The van der Waals surface area contributed by atoms with E-state index in [1.54, 1.807) is 0 Å². The Labute approximate surface area is 55.0 Å². The van der Waals surface area contributed by atoms with E-state index in [0.29, 0.717) is 0 Å². The van der Waals surface area contributed by atoms with Crippen molar-refractivity contribution in [1.82, 2.24) is 0 Å². The van der Waals surface area contributed by atoms with Crippen molar-refractivity contribution >= 4 is 12.6 Å². The van der Waals surface area contributed by atoms with E-state index in [1.807, 2.05) is 17.6 Å². The van der Waals surface area contributed by atoms with Crippen molar-refractivity contribution in [3.05, 3.63) is 35.3 Å². The van der Waals surface area contributed by atoms with E-state index in [4.69, 9.17) is 0 Å². The topological polar surface area (TPSA) is 0 Å². The second kappa shape index (κ2) is 2.78. The molecule has 0 aromatic carbocycles. The molecule has 0 aromatic rings. The van der Waals surface area contributed by atoms with Gasteiger partial charge in [-0.3, -0.25) is 0 Å². The Hall–Kier alpha value is -0.430. The van der Waals surface area contributed by atoms with Crippen LogP contribution < -0.4 is 0 Å². The first-order chi connectivity index (χ1) is 3.93. The van der Waals surface area contributed by atoms with Crippen LogP contribution in [0.15, 0.2) is 35.3 Å². The normalized spacial score (nSPS) is 22.4. The molecule has 1 aliphatic rings. The number of hydrogen-bond donors (Lipinski definition) is 1. The van der Waals surface area contributed by atoms with Crippen LogP contribution in [0.1, 0.15) is 6.42 Å². The van der Waals surface area contributed by atoms with Gasteiger partial charge in [-0.1, -0.05) is 24.3 Å². The number of rotatable bonds is 0. The molecule has 1 heteroatoms. The minimum Gasteiger partial charge on any atom is -0.151 e. The Morgan fingerprint density at radius 2 is 2.38 bits per heavy atom. The van der Waals surface area contributed by atoms with Crippen LogP contribution >= 0.6 is 12.6 Å². The molecule has 0 aliphatic heterocycles.